The van der Waals surface area contributed by atoms with Crippen LogP contribution in [0.3, 0.4) is 0 Å². The minimum absolute atomic E-state index is 0.0374. The number of para-hydroxylation sites is 1. The van der Waals surface area contributed by atoms with Gasteiger partial charge in [0.25, 0.3) is 0 Å². The van der Waals surface area contributed by atoms with Crippen molar-refractivity contribution in [2.45, 2.75) is 49.3 Å². The topological polar surface area (TPSA) is 108 Å². The van der Waals surface area contributed by atoms with Crippen LogP contribution in [0.25, 0.3) is 0 Å². The van der Waals surface area contributed by atoms with Crippen molar-refractivity contribution in [1.29, 1.82) is 0 Å². The van der Waals surface area contributed by atoms with Crippen LogP contribution in [0.15, 0.2) is 54.6 Å². The zero-order chi connectivity index (χ0) is 27.2. The van der Waals surface area contributed by atoms with Gasteiger partial charge in [-0.25, -0.2) is 0 Å². The van der Waals surface area contributed by atoms with E-state index < -0.39 is 28.7 Å². The summed E-state index contributed by atoms with van der Waals surface area (Å²) in [6.07, 6.45) is 0.743. The molecule has 2 aromatic rings. The molecule has 0 radical (unpaired) electrons. The summed E-state index contributed by atoms with van der Waals surface area (Å²) in [6.45, 7) is 5.69. The molecule has 2 bridgehead atoms. The second-order valence-corrected chi connectivity index (χ2v) is 12.4. The lowest BCUT2D eigenvalue weighted by molar-refractivity contribution is -0.142. The summed E-state index contributed by atoms with van der Waals surface area (Å²) in [5, 5.41) is 16.3. The third-order valence-electron chi connectivity index (χ3n) is 8.45. The molecule has 7 atom stereocenters. The molecular formula is C29H35N3O5S. The Morgan fingerprint density at radius 3 is 2.32 bits per heavy atom. The molecule has 9 heteroatoms. The first-order valence-electron chi connectivity index (χ1n) is 13.1. The number of ether oxygens (including phenoxy) is 1. The Labute approximate surface area is 227 Å². The second kappa shape index (κ2) is 10.3. The molecule has 0 aliphatic carbocycles. The summed E-state index contributed by atoms with van der Waals surface area (Å²) >= 11 is 1.62. The molecule has 3 amide bonds. The molecular weight excluding hydrogens is 502 g/mol. The van der Waals surface area contributed by atoms with Crippen molar-refractivity contribution in [3.8, 4) is 5.75 Å². The summed E-state index contributed by atoms with van der Waals surface area (Å²) < 4.78 is 4.46. The smallest absolute Gasteiger partial charge is 0.248 e. The van der Waals surface area contributed by atoms with Crippen LogP contribution in [0.5, 0.6) is 5.75 Å². The van der Waals surface area contributed by atoms with Crippen LogP contribution in [-0.2, 0) is 14.4 Å². The number of likely N-dealkylation sites (tertiary alicyclic amines) is 1. The predicted molar refractivity (Wildman–Crippen MR) is 148 cm³/mol. The molecule has 2 aromatic carbocycles. The predicted octanol–water partition coefficient (Wildman–Crippen LogP) is 3.63. The van der Waals surface area contributed by atoms with Crippen molar-refractivity contribution >= 4 is 40.9 Å². The number of carbonyl (C=O) groups excluding carboxylic acids is 3. The van der Waals surface area contributed by atoms with Crippen LogP contribution < -0.4 is 15.4 Å². The Morgan fingerprint density at radius 2 is 1.71 bits per heavy atom. The lowest BCUT2D eigenvalue weighted by Gasteiger charge is -2.40. The lowest BCUT2D eigenvalue weighted by atomic mass is 9.66. The molecule has 0 saturated carbocycles. The lowest BCUT2D eigenvalue weighted by Crippen LogP contribution is -2.57. The molecule has 3 saturated heterocycles. The van der Waals surface area contributed by atoms with Gasteiger partial charge in [-0.05, 0) is 54.7 Å². The van der Waals surface area contributed by atoms with Gasteiger partial charge in [-0.1, -0.05) is 39.0 Å². The van der Waals surface area contributed by atoms with E-state index in [1.54, 1.807) is 48.0 Å². The van der Waals surface area contributed by atoms with E-state index in [4.69, 9.17) is 4.74 Å². The fraction of sp³-hybridized carbons (Fsp3) is 0.483. The maximum absolute atomic E-state index is 14.3. The highest BCUT2D eigenvalue weighted by Gasteiger charge is 2.76. The van der Waals surface area contributed by atoms with Gasteiger partial charge < -0.3 is 25.4 Å². The molecule has 8 nitrogen and oxygen atoms in total. The number of hydrogen-bond acceptors (Lipinski definition) is 6. The van der Waals surface area contributed by atoms with Crippen molar-refractivity contribution in [2.75, 3.05) is 24.4 Å². The normalized spacial score (nSPS) is 30.3. The first-order valence-corrected chi connectivity index (χ1v) is 14.0. The highest BCUT2D eigenvalue weighted by atomic mass is 32.2. The third-order valence-corrected chi connectivity index (χ3v) is 10.5. The van der Waals surface area contributed by atoms with Gasteiger partial charge in [-0.3, -0.25) is 14.4 Å². The summed E-state index contributed by atoms with van der Waals surface area (Å²) in [6, 6.07) is 14.9. The number of aliphatic hydroxyl groups excluding tert-OH is 1. The summed E-state index contributed by atoms with van der Waals surface area (Å²) in [5.41, 5.74) is 1.27. The molecule has 3 aliphatic heterocycles. The van der Waals surface area contributed by atoms with Crippen LogP contribution in [0.4, 0.5) is 11.4 Å². The number of amides is 3. The van der Waals surface area contributed by atoms with Crippen LogP contribution in [0.1, 0.15) is 27.2 Å². The molecule has 38 heavy (non-hydrogen) atoms. The van der Waals surface area contributed by atoms with Gasteiger partial charge in [-0.2, -0.15) is 0 Å². The van der Waals surface area contributed by atoms with Gasteiger partial charge in [0.1, 0.15) is 11.8 Å². The quantitative estimate of drug-likeness (QED) is 0.475. The van der Waals surface area contributed by atoms with Gasteiger partial charge in [0.05, 0.1) is 36.3 Å². The number of fused-ring (bicyclic) bond motifs is 1. The fourth-order valence-corrected chi connectivity index (χ4v) is 9.08. The van der Waals surface area contributed by atoms with Crippen molar-refractivity contribution in [2.24, 2.45) is 23.7 Å². The van der Waals surface area contributed by atoms with Gasteiger partial charge in [-0.15, -0.1) is 11.8 Å². The number of nitrogens with zero attached hydrogens (tertiary/aromatic N) is 1. The first-order chi connectivity index (χ1) is 18.2. The Hall–Kier alpha value is -3.04. The van der Waals surface area contributed by atoms with Gasteiger partial charge in [0, 0.05) is 16.6 Å². The van der Waals surface area contributed by atoms with Crippen molar-refractivity contribution in [3.05, 3.63) is 54.6 Å². The molecule has 3 N–H and O–H groups in total. The number of aliphatic hydroxyl groups is 1. The summed E-state index contributed by atoms with van der Waals surface area (Å²) in [4.78, 5) is 43.6. The van der Waals surface area contributed by atoms with E-state index in [2.05, 4.69) is 17.6 Å². The molecule has 5 rings (SSSR count). The Balaban J connectivity index is 1.53. The zero-order valence-corrected chi connectivity index (χ0v) is 22.9. The average Bonchev–Trinajstić information content (AvgIpc) is 3.49. The maximum atomic E-state index is 14.3. The van der Waals surface area contributed by atoms with E-state index >= 15 is 0 Å². The monoisotopic (exact) mass is 537 g/mol. The number of hydrogen-bond donors (Lipinski definition) is 3. The number of rotatable bonds is 8. The second-order valence-electron chi connectivity index (χ2n) is 10.9. The summed E-state index contributed by atoms with van der Waals surface area (Å²) in [7, 11) is 1.58. The minimum atomic E-state index is -0.818. The molecule has 202 valence electrons. The standard InChI is InChI=1S/C29H35N3O5S/c1-16(2)21(15-33)32-25(27(35)31-19-10-12-20(37-4)13-11-19)29-17(3)14-22(38-29)23(24(29)28(32)36)26(34)30-18-8-6-5-7-9-18/h5-13,16-17,21-25,33H,14-15H2,1-4H3,(H,30,34)(H,31,35)/t17?,21-,22-,23+,24-,25?,29?/m0/s1. The Bertz CT molecular complexity index is 1210. The van der Waals surface area contributed by atoms with Crippen LogP contribution in [0.2, 0.25) is 0 Å². The van der Waals surface area contributed by atoms with Crippen LogP contribution >= 0.6 is 11.8 Å². The molecule has 3 unspecified atom stereocenters. The first kappa shape index (κ1) is 26.6. The van der Waals surface area contributed by atoms with Crippen molar-refractivity contribution in [1.82, 2.24) is 4.90 Å². The van der Waals surface area contributed by atoms with E-state index in [1.165, 1.54) is 0 Å². The number of carbonyl (C=O) groups is 3. The maximum Gasteiger partial charge on any atom is 0.248 e. The minimum Gasteiger partial charge on any atom is -0.497 e. The largest absolute Gasteiger partial charge is 0.497 e. The highest BCUT2D eigenvalue weighted by Crippen LogP contribution is 2.69. The van der Waals surface area contributed by atoms with Crippen LogP contribution in [0, 0.1) is 23.7 Å². The van der Waals surface area contributed by atoms with Gasteiger partial charge in [0.2, 0.25) is 17.7 Å². The Morgan fingerprint density at radius 1 is 1.08 bits per heavy atom. The summed E-state index contributed by atoms with van der Waals surface area (Å²) in [5.74, 6) is -1.29. The third kappa shape index (κ3) is 4.16. The molecule has 3 fully saturated rings. The Kier molecular flexibility index (Phi) is 7.17. The van der Waals surface area contributed by atoms with Gasteiger partial charge in [0.15, 0.2) is 0 Å². The molecule has 3 aliphatic rings. The fourth-order valence-electron chi connectivity index (χ4n) is 6.67. The number of anilines is 2. The van der Waals surface area contributed by atoms with E-state index in [-0.39, 0.29) is 41.4 Å². The average molecular weight is 538 g/mol. The number of benzene rings is 2. The van der Waals surface area contributed by atoms with E-state index in [1.807, 2.05) is 44.2 Å². The SMILES string of the molecule is COc1ccc(NC(=O)C2N([C@@H](CO)C(C)C)C(=O)[C@@H]3[C@H](C(=O)Nc4ccccc4)[C@@H]4CC(C)C23S4)cc1. The van der Waals surface area contributed by atoms with E-state index in [0.717, 1.165) is 6.42 Å². The molecule has 0 aromatic heterocycles. The van der Waals surface area contributed by atoms with E-state index in [9.17, 15) is 19.5 Å². The van der Waals surface area contributed by atoms with Crippen molar-refractivity contribution in [3.63, 3.8) is 0 Å². The molecule has 3 heterocycles. The number of nitrogens with one attached hydrogen (secondary N) is 2. The van der Waals surface area contributed by atoms with E-state index in [0.29, 0.717) is 17.1 Å². The van der Waals surface area contributed by atoms with Crippen molar-refractivity contribution < 1.29 is 24.2 Å². The number of methoxy groups -OCH3 is 1. The number of thioether (sulfide) groups is 1. The molecule has 1 spiro atoms. The van der Waals surface area contributed by atoms with Gasteiger partial charge >= 0.3 is 0 Å². The van der Waals surface area contributed by atoms with Crippen LogP contribution in [-0.4, -0.2) is 63.5 Å². The highest BCUT2D eigenvalue weighted by molar-refractivity contribution is 8.02. The zero-order valence-electron chi connectivity index (χ0n) is 22.1.